The molecule has 1 saturated heterocycles. The predicted octanol–water partition coefficient (Wildman–Crippen LogP) is 1.57. The second-order valence-electron chi connectivity index (χ2n) is 3.87. The molecule has 1 aliphatic heterocycles. The van der Waals surface area contributed by atoms with Gasteiger partial charge >= 0.3 is 5.97 Å². The Morgan fingerprint density at radius 3 is 2.88 bits per heavy atom. The molecule has 0 radical (unpaired) electrons. The van der Waals surface area contributed by atoms with Crippen LogP contribution in [0.3, 0.4) is 0 Å². The van der Waals surface area contributed by atoms with E-state index in [1.165, 1.54) is 0 Å². The Bertz CT molecular complexity index is 234. The summed E-state index contributed by atoms with van der Waals surface area (Å²) in [4.78, 5) is 25.0. The van der Waals surface area contributed by atoms with Gasteiger partial charge in [-0.1, -0.05) is 15.9 Å². The number of rotatable bonds is 4. The minimum Gasteiger partial charge on any atom is -0.466 e. The third-order valence-corrected chi connectivity index (χ3v) is 3.10. The molecule has 1 atom stereocenters. The lowest BCUT2D eigenvalue weighted by Crippen LogP contribution is -2.42. The van der Waals surface area contributed by atoms with Gasteiger partial charge in [-0.2, -0.15) is 0 Å². The van der Waals surface area contributed by atoms with Gasteiger partial charge in [-0.25, -0.2) is 0 Å². The van der Waals surface area contributed by atoms with E-state index in [4.69, 9.17) is 4.74 Å². The molecule has 0 aliphatic carbocycles. The van der Waals surface area contributed by atoms with Crippen molar-refractivity contribution in [2.45, 2.75) is 26.2 Å². The molecule has 1 unspecified atom stereocenters. The van der Waals surface area contributed by atoms with Gasteiger partial charge < -0.3 is 9.64 Å². The topological polar surface area (TPSA) is 46.6 Å². The average molecular weight is 292 g/mol. The fourth-order valence-electron chi connectivity index (χ4n) is 1.90. The molecule has 0 aromatic heterocycles. The molecule has 0 bridgehead atoms. The summed E-state index contributed by atoms with van der Waals surface area (Å²) in [5, 5.41) is 0.673. The third-order valence-electron chi connectivity index (χ3n) is 2.70. The van der Waals surface area contributed by atoms with Crippen LogP contribution in [0.15, 0.2) is 0 Å². The van der Waals surface area contributed by atoms with Crippen LogP contribution in [0.1, 0.15) is 26.2 Å². The molecule has 0 aromatic carbocycles. The lowest BCUT2D eigenvalue weighted by atomic mass is 9.98. The largest absolute Gasteiger partial charge is 0.466 e. The van der Waals surface area contributed by atoms with Gasteiger partial charge in [0.1, 0.15) is 0 Å². The Labute approximate surface area is 104 Å². The maximum Gasteiger partial charge on any atom is 0.310 e. The van der Waals surface area contributed by atoms with E-state index in [2.05, 4.69) is 15.9 Å². The first-order valence-corrected chi connectivity index (χ1v) is 6.81. The fourth-order valence-corrected chi connectivity index (χ4v) is 2.23. The van der Waals surface area contributed by atoms with Gasteiger partial charge in [0.2, 0.25) is 5.91 Å². The number of alkyl halides is 1. The molecule has 1 amide bonds. The van der Waals surface area contributed by atoms with Crippen LogP contribution in [-0.2, 0) is 14.3 Å². The highest BCUT2D eigenvalue weighted by molar-refractivity contribution is 9.09. The average Bonchev–Trinajstić information content (AvgIpc) is 2.30. The standard InChI is InChI=1S/C11H18BrNO3/c1-2-16-11(15)9-4-3-7-13(8-9)10(14)5-6-12/h9H,2-8H2,1H3. The summed E-state index contributed by atoms with van der Waals surface area (Å²) in [5.41, 5.74) is 0. The highest BCUT2D eigenvalue weighted by Crippen LogP contribution is 2.18. The molecule has 16 heavy (non-hydrogen) atoms. The van der Waals surface area contributed by atoms with E-state index in [-0.39, 0.29) is 17.8 Å². The number of nitrogens with zero attached hydrogens (tertiary/aromatic N) is 1. The molecule has 1 rings (SSSR count). The quantitative estimate of drug-likeness (QED) is 0.584. The maximum absolute atomic E-state index is 11.7. The first kappa shape index (κ1) is 13.5. The van der Waals surface area contributed by atoms with Gasteiger partial charge in [0.05, 0.1) is 12.5 Å². The molecule has 1 aliphatic rings. The summed E-state index contributed by atoms with van der Waals surface area (Å²) in [6, 6.07) is 0. The number of piperidine rings is 1. The number of hydrogen-bond acceptors (Lipinski definition) is 3. The summed E-state index contributed by atoms with van der Waals surface area (Å²) in [6.07, 6.45) is 2.21. The van der Waals surface area contributed by atoms with Crippen molar-refractivity contribution in [2.75, 3.05) is 25.0 Å². The van der Waals surface area contributed by atoms with Crippen molar-refractivity contribution in [3.63, 3.8) is 0 Å². The summed E-state index contributed by atoms with van der Waals surface area (Å²) in [6.45, 7) is 3.49. The highest BCUT2D eigenvalue weighted by Gasteiger charge is 2.28. The van der Waals surface area contributed by atoms with Crippen molar-refractivity contribution in [1.29, 1.82) is 0 Å². The highest BCUT2D eigenvalue weighted by atomic mass is 79.9. The SMILES string of the molecule is CCOC(=O)C1CCCN(C(=O)CCBr)C1. The van der Waals surface area contributed by atoms with E-state index in [0.29, 0.717) is 24.9 Å². The fraction of sp³-hybridized carbons (Fsp3) is 0.818. The van der Waals surface area contributed by atoms with Crippen LogP contribution in [0.5, 0.6) is 0 Å². The summed E-state index contributed by atoms with van der Waals surface area (Å²) < 4.78 is 4.98. The minimum absolute atomic E-state index is 0.117. The van der Waals surface area contributed by atoms with Gasteiger partial charge in [0, 0.05) is 24.8 Å². The van der Waals surface area contributed by atoms with Crippen molar-refractivity contribution < 1.29 is 14.3 Å². The molecule has 92 valence electrons. The molecule has 0 spiro atoms. The minimum atomic E-state index is -0.168. The lowest BCUT2D eigenvalue weighted by Gasteiger charge is -2.31. The van der Waals surface area contributed by atoms with Crippen molar-refractivity contribution in [3.05, 3.63) is 0 Å². The molecular formula is C11H18BrNO3. The second kappa shape index (κ2) is 6.89. The predicted molar refractivity (Wildman–Crippen MR) is 64.3 cm³/mol. The Balaban J connectivity index is 2.46. The molecule has 4 nitrogen and oxygen atoms in total. The molecule has 0 N–H and O–H groups in total. The van der Waals surface area contributed by atoms with Crippen molar-refractivity contribution >= 4 is 27.8 Å². The first-order chi connectivity index (χ1) is 7.69. The smallest absolute Gasteiger partial charge is 0.310 e. The second-order valence-corrected chi connectivity index (χ2v) is 4.66. The molecule has 0 aromatic rings. The number of amides is 1. The first-order valence-electron chi connectivity index (χ1n) is 5.69. The van der Waals surface area contributed by atoms with Crippen LogP contribution in [-0.4, -0.2) is 41.8 Å². The van der Waals surface area contributed by atoms with Crippen LogP contribution < -0.4 is 0 Å². The van der Waals surface area contributed by atoms with E-state index in [9.17, 15) is 9.59 Å². The Morgan fingerprint density at radius 2 is 2.25 bits per heavy atom. The van der Waals surface area contributed by atoms with Gasteiger partial charge in [-0.05, 0) is 19.8 Å². The molecular weight excluding hydrogens is 274 g/mol. The van der Waals surface area contributed by atoms with E-state index >= 15 is 0 Å². The van der Waals surface area contributed by atoms with Gasteiger partial charge in [-0.3, -0.25) is 9.59 Å². The van der Waals surface area contributed by atoms with Crippen molar-refractivity contribution in [2.24, 2.45) is 5.92 Å². The number of halogens is 1. The monoisotopic (exact) mass is 291 g/mol. The number of ether oxygens (including phenoxy) is 1. The molecule has 1 heterocycles. The van der Waals surface area contributed by atoms with E-state index in [1.807, 2.05) is 0 Å². The number of likely N-dealkylation sites (tertiary alicyclic amines) is 1. The summed E-state index contributed by atoms with van der Waals surface area (Å²) in [5.74, 6) is -0.183. The van der Waals surface area contributed by atoms with Crippen LogP contribution in [0.2, 0.25) is 0 Å². The van der Waals surface area contributed by atoms with Gasteiger partial charge in [-0.15, -0.1) is 0 Å². The van der Waals surface area contributed by atoms with E-state index in [1.54, 1.807) is 11.8 Å². The Morgan fingerprint density at radius 1 is 1.50 bits per heavy atom. The molecule has 0 saturated carbocycles. The Hall–Kier alpha value is -0.580. The summed E-state index contributed by atoms with van der Waals surface area (Å²) >= 11 is 3.25. The van der Waals surface area contributed by atoms with E-state index < -0.39 is 0 Å². The van der Waals surface area contributed by atoms with Crippen LogP contribution in [0.25, 0.3) is 0 Å². The summed E-state index contributed by atoms with van der Waals surface area (Å²) in [7, 11) is 0. The third kappa shape index (κ3) is 3.77. The normalized spacial score (nSPS) is 20.6. The number of hydrogen-bond donors (Lipinski definition) is 0. The number of carbonyl (C=O) groups is 2. The molecule has 1 fully saturated rings. The lowest BCUT2D eigenvalue weighted by molar-refractivity contribution is -0.151. The van der Waals surface area contributed by atoms with Crippen LogP contribution >= 0.6 is 15.9 Å². The van der Waals surface area contributed by atoms with Gasteiger partial charge in [0.15, 0.2) is 0 Å². The van der Waals surface area contributed by atoms with E-state index in [0.717, 1.165) is 19.4 Å². The van der Waals surface area contributed by atoms with Crippen molar-refractivity contribution in [1.82, 2.24) is 4.90 Å². The Kier molecular flexibility index (Phi) is 5.80. The molecule has 5 heteroatoms. The number of carbonyl (C=O) groups excluding carboxylic acids is 2. The van der Waals surface area contributed by atoms with Crippen LogP contribution in [0, 0.1) is 5.92 Å². The number of esters is 1. The maximum atomic E-state index is 11.7. The zero-order chi connectivity index (χ0) is 12.0. The van der Waals surface area contributed by atoms with Crippen LogP contribution in [0.4, 0.5) is 0 Å². The zero-order valence-electron chi connectivity index (χ0n) is 9.58. The zero-order valence-corrected chi connectivity index (χ0v) is 11.2. The van der Waals surface area contributed by atoms with Crippen molar-refractivity contribution in [3.8, 4) is 0 Å². The van der Waals surface area contributed by atoms with Gasteiger partial charge in [0.25, 0.3) is 0 Å².